The zero-order valence-corrected chi connectivity index (χ0v) is 12.0. The lowest BCUT2D eigenvalue weighted by molar-refractivity contribution is 0.0276. The summed E-state index contributed by atoms with van der Waals surface area (Å²) in [5.41, 5.74) is 0.0296. The molecule has 0 fully saturated rings. The average molecular weight is 272 g/mol. The molecule has 0 aliphatic carbocycles. The van der Waals surface area contributed by atoms with E-state index < -0.39 is 15.6 Å². The van der Waals surface area contributed by atoms with E-state index in [0.717, 1.165) is 0 Å². The Morgan fingerprint density at radius 2 is 1.89 bits per heavy atom. The van der Waals surface area contributed by atoms with Crippen LogP contribution in [0.5, 0.6) is 0 Å². The highest BCUT2D eigenvalue weighted by molar-refractivity contribution is 7.89. The molecule has 2 N–H and O–H groups in total. The fourth-order valence-corrected chi connectivity index (χ4v) is 2.74. The fraction of sp³-hybridized carbons (Fsp3) is 0.500. The van der Waals surface area contributed by atoms with Crippen molar-refractivity contribution >= 4 is 15.7 Å². The molecule has 5 nitrogen and oxygen atoms in total. The normalized spacial score (nSPS) is 12.4. The molecule has 0 amide bonds. The number of nitrogens with one attached hydrogen (secondary N) is 2. The zero-order chi connectivity index (χ0) is 13.8. The second-order valence-electron chi connectivity index (χ2n) is 4.53. The summed E-state index contributed by atoms with van der Waals surface area (Å²) in [5, 5.41) is 2.86. The summed E-state index contributed by atoms with van der Waals surface area (Å²) in [7, 11) is -0.299. The van der Waals surface area contributed by atoms with Crippen molar-refractivity contribution in [3.63, 3.8) is 0 Å². The molecule has 1 rings (SSSR count). The van der Waals surface area contributed by atoms with Crippen molar-refractivity contribution in [2.24, 2.45) is 0 Å². The van der Waals surface area contributed by atoms with E-state index in [4.69, 9.17) is 4.74 Å². The lowest BCUT2D eigenvalue weighted by Gasteiger charge is -2.23. The first-order valence-electron chi connectivity index (χ1n) is 5.64. The molecule has 1 aromatic carbocycles. The van der Waals surface area contributed by atoms with Crippen molar-refractivity contribution in [2.45, 2.75) is 24.3 Å². The van der Waals surface area contributed by atoms with Gasteiger partial charge in [-0.25, -0.2) is 13.1 Å². The third-order valence-corrected chi connectivity index (χ3v) is 4.15. The minimum atomic E-state index is -3.54. The van der Waals surface area contributed by atoms with Gasteiger partial charge in [0, 0.05) is 20.7 Å². The molecule has 0 saturated heterocycles. The average Bonchev–Trinajstić information content (AvgIpc) is 2.37. The number of hydrogen-bond acceptors (Lipinski definition) is 4. The van der Waals surface area contributed by atoms with E-state index in [-0.39, 0.29) is 11.4 Å². The van der Waals surface area contributed by atoms with Gasteiger partial charge in [-0.3, -0.25) is 0 Å². The van der Waals surface area contributed by atoms with E-state index in [1.807, 2.05) is 13.8 Å². The van der Waals surface area contributed by atoms with Crippen LogP contribution < -0.4 is 10.0 Å². The van der Waals surface area contributed by atoms with Crippen molar-refractivity contribution in [3.05, 3.63) is 24.3 Å². The third kappa shape index (κ3) is 3.69. The number of sulfonamides is 1. The molecule has 0 radical (unpaired) electrons. The molecule has 0 aliphatic rings. The van der Waals surface area contributed by atoms with Crippen molar-refractivity contribution in [2.75, 3.05) is 26.0 Å². The maximum atomic E-state index is 12.2. The number of ether oxygens (including phenoxy) is 1. The molecule has 18 heavy (non-hydrogen) atoms. The molecule has 0 atom stereocenters. The van der Waals surface area contributed by atoms with Gasteiger partial charge < -0.3 is 10.1 Å². The maximum absolute atomic E-state index is 12.2. The highest BCUT2D eigenvalue weighted by Crippen LogP contribution is 2.20. The van der Waals surface area contributed by atoms with E-state index in [0.29, 0.717) is 5.69 Å². The molecule has 0 heterocycles. The highest BCUT2D eigenvalue weighted by Gasteiger charge is 2.23. The standard InChI is InChI=1S/C12H20N2O3S/c1-12(2,17-4)9-14-18(15,16)11-8-6-5-7-10(11)13-3/h5-8,13-14H,9H2,1-4H3. The van der Waals surface area contributed by atoms with Crippen LogP contribution in [0.4, 0.5) is 5.69 Å². The molecule has 0 unspecified atom stereocenters. The molecule has 0 spiro atoms. The number of anilines is 1. The Kier molecular flexibility index (Phi) is 4.72. The molecule has 1 aromatic rings. The lowest BCUT2D eigenvalue weighted by atomic mass is 10.1. The number of hydrogen-bond donors (Lipinski definition) is 2. The minimum absolute atomic E-state index is 0.212. The van der Waals surface area contributed by atoms with Gasteiger partial charge in [0.05, 0.1) is 11.3 Å². The highest BCUT2D eigenvalue weighted by atomic mass is 32.2. The first-order valence-corrected chi connectivity index (χ1v) is 7.12. The Bertz CT molecular complexity index is 498. The quantitative estimate of drug-likeness (QED) is 0.822. The second-order valence-corrected chi connectivity index (χ2v) is 6.27. The molecule has 0 bridgehead atoms. The van der Waals surface area contributed by atoms with Crippen LogP contribution in [0.3, 0.4) is 0 Å². The largest absolute Gasteiger partial charge is 0.387 e. The molecule has 0 saturated carbocycles. The Balaban J connectivity index is 2.94. The third-order valence-electron chi connectivity index (χ3n) is 2.69. The smallest absolute Gasteiger partial charge is 0.242 e. The van der Waals surface area contributed by atoms with Crippen molar-refractivity contribution in [1.82, 2.24) is 4.72 Å². The van der Waals surface area contributed by atoms with Gasteiger partial charge in [-0.05, 0) is 26.0 Å². The number of benzene rings is 1. The Morgan fingerprint density at radius 1 is 1.28 bits per heavy atom. The molecule has 0 aliphatic heterocycles. The lowest BCUT2D eigenvalue weighted by Crippen LogP contribution is -2.39. The van der Waals surface area contributed by atoms with Crippen LogP contribution in [0.1, 0.15) is 13.8 Å². The Hall–Kier alpha value is -1.11. The van der Waals surface area contributed by atoms with Crippen LogP contribution in [0.2, 0.25) is 0 Å². The van der Waals surface area contributed by atoms with Gasteiger partial charge in [0.1, 0.15) is 4.90 Å². The predicted molar refractivity (Wildman–Crippen MR) is 72.3 cm³/mol. The van der Waals surface area contributed by atoms with Gasteiger partial charge in [-0.2, -0.15) is 0 Å². The first-order chi connectivity index (χ1) is 8.32. The topological polar surface area (TPSA) is 67.4 Å². The summed E-state index contributed by atoms with van der Waals surface area (Å²) >= 11 is 0. The molecular weight excluding hydrogens is 252 g/mol. The Labute approximate surface area is 109 Å². The van der Waals surface area contributed by atoms with Gasteiger partial charge in [0.25, 0.3) is 0 Å². The van der Waals surface area contributed by atoms with E-state index in [1.54, 1.807) is 38.4 Å². The van der Waals surface area contributed by atoms with Crippen LogP contribution in [0.15, 0.2) is 29.2 Å². The summed E-state index contributed by atoms with van der Waals surface area (Å²) in [6.45, 7) is 3.85. The minimum Gasteiger partial charge on any atom is -0.387 e. The van der Waals surface area contributed by atoms with Crippen LogP contribution >= 0.6 is 0 Å². The zero-order valence-electron chi connectivity index (χ0n) is 11.1. The first kappa shape index (κ1) is 14.9. The van der Waals surface area contributed by atoms with Crippen LogP contribution in [-0.2, 0) is 14.8 Å². The van der Waals surface area contributed by atoms with Crippen LogP contribution in [0.25, 0.3) is 0 Å². The Morgan fingerprint density at radius 3 is 2.44 bits per heavy atom. The van der Waals surface area contributed by atoms with Crippen LogP contribution in [-0.4, -0.2) is 34.7 Å². The van der Waals surface area contributed by atoms with E-state index >= 15 is 0 Å². The predicted octanol–water partition coefficient (Wildman–Crippen LogP) is 1.43. The van der Waals surface area contributed by atoms with Crippen molar-refractivity contribution in [1.29, 1.82) is 0 Å². The second kappa shape index (κ2) is 5.69. The number of methoxy groups -OCH3 is 1. The van der Waals surface area contributed by atoms with Crippen molar-refractivity contribution < 1.29 is 13.2 Å². The maximum Gasteiger partial charge on any atom is 0.242 e. The summed E-state index contributed by atoms with van der Waals surface area (Å²) in [4.78, 5) is 0.236. The number of para-hydroxylation sites is 1. The van der Waals surface area contributed by atoms with Crippen LogP contribution in [0, 0.1) is 0 Å². The van der Waals surface area contributed by atoms with E-state index in [1.165, 1.54) is 0 Å². The van der Waals surface area contributed by atoms with Gasteiger partial charge >= 0.3 is 0 Å². The monoisotopic (exact) mass is 272 g/mol. The van der Waals surface area contributed by atoms with Gasteiger partial charge in [-0.1, -0.05) is 12.1 Å². The van der Waals surface area contributed by atoms with Gasteiger partial charge in [-0.15, -0.1) is 0 Å². The summed E-state index contributed by atoms with van der Waals surface area (Å²) in [6, 6.07) is 6.75. The number of rotatable bonds is 6. The molecule has 6 heteroatoms. The fourth-order valence-electron chi connectivity index (χ4n) is 1.33. The van der Waals surface area contributed by atoms with E-state index in [9.17, 15) is 8.42 Å². The molecule has 0 aromatic heterocycles. The van der Waals surface area contributed by atoms with Gasteiger partial charge in [0.15, 0.2) is 0 Å². The van der Waals surface area contributed by atoms with E-state index in [2.05, 4.69) is 10.0 Å². The van der Waals surface area contributed by atoms with Gasteiger partial charge in [0.2, 0.25) is 10.0 Å². The summed E-state index contributed by atoms with van der Waals surface area (Å²) in [5.74, 6) is 0. The van der Waals surface area contributed by atoms with Crippen molar-refractivity contribution in [3.8, 4) is 0 Å². The SMILES string of the molecule is CNc1ccccc1S(=O)(=O)NCC(C)(C)OC. The molecular formula is C12H20N2O3S. The summed E-state index contributed by atoms with van der Waals surface area (Å²) < 4.78 is 32.1. The summed E-state index contributed by atoms with van der Waals surface area (Å²) in [6.07, 6.45) is 0. The molecule has 102 valence electrons.